The number of nitro groups is 1. The molecule has 0 atom stereocenters. The van der Waals surface area contributed by atoms with E-state index in [0.29, 0.717) is 11.0 Å². The molecule has 0 saturated heterocycles. The van der Waals surface area contributed by atoms with E-state index in [-0.39, 0.29) is 17.3 Å². The lowest BCUT2D eigenvalue weighted by atomic mass is 10.1. The molecule has 0 amide bonds. The zero-order chi connectivity index (χ0) is 15.9. The molecule has 1 heterocycles. The Morgan fingerprint density at radius 1 is 1.16 bits per heavy atom. The molecule has 2 aromatic carbocycles. The molecule has 3 rings (SSSR count). The molecule has 0 radical (unpaired) electrons. The van der Waals surface area contributed by atoms with Crippen molar-refractivity contribution < 1.29 is 9.04 Å². The molecule has 5 nitrogen and oxygen atoms in total. The Balaban J connectivity index is 2.32. The van der Waals surface area contributed by atoms with Gasteiger partial charge in [-0.25, -0.2) is 4.98 Å². The Kier molecular flexibility index (Phi) is 1.95. The largest absolute Gasteiger partial charge is 0.278 e. The summed E-state index contributed by atoms with van der Waals surface area (Å²) in [4.78, 5) is 19.0. The van der Waals surface area contributed by atoms with E-state index in [1.165, 1.54) is 12.3 Å². The number of hydrogen-bond donors (Lipinski definition) is 0. The van der Waals surface area contributed by atoms with Crippen LogP contribution in [0.4, 0.5) is 5.69 Å². The fourth-order valence-corrected chi connectivity index (χ4v) is 1.77. The summed E-state index contributed by atoms with van der Waals surface area (Å²) in [6, 6.07) is 6.90. The van der Waals surface area contributed by atoms with Crippen LogP contribution in [-0.4, -0.2) is 14.9 Å². The van der Waals surface area contributed by atoms with E-state index in [4.69, 9.17) is 4.11 Å². The average molecular weight is 254 g/mol. The predicted octanol–water partition coefficient (Wildman–Crippen LogP) is 3.21. The molecule has 0 unspecified atom stereocenters. The van der Waals surface area contributed by atoms with Crippen LogP contribution in [0, 0.1) is 10.1 Å². The number of nitrogens with zero attached hydrogens (tertiary/aromatic N) is 3. The standard InChI is InChI=1S/C14H9N3O2/c18-17(19)14-8-4-1-5-10(14)13-9-15-11-6-2-3-7-12(11)16-13/h1-9H/i1D,4D,8D. The minimum atomic E-state index is -0.730. The van der Waals surface area contributed by atoms with Crippen LogP contribution in [0.3, 0.4) is 0 Å². The highest BCUT2D eigenvalue weighted by atomic mass is 16.6. The van der Waals surface area contributed by atoms with E-state index in [1.807, 2.05) is 0 Å². The number of fused-ring (bicyclic) bond motifs is 1. The van der Waals surface area contributed by atoms with Gasteiger partial charge in [0.15, 0.2) is 0 Å². The number of aromatic nitrogens is 2. The molecule has 0 N–H and O–H groups in total. The third kappa shape index (κ3) is 2.01. The zero-order valence-corrected chi connectivity index (χ0v) is 9.62. The summed E-state index contributed by atoms with van der Waals surface area (Å²) in [5.41, 5.74) is 0.887. The number of rotatable bonds is 2. The number of nitro benzene ring substituents is 1. The molecular formula is C14H9N3O2. The van der Waals surface area contributed by atoms with Crippen molar-refractivity contribution in [3.05, 3.63) is 64.8 Å². The summed E-state index contributed by atoms with van der Waals surface area (Å²) in [5.74, 6) is 0. The highest BCUT2D eigenvalue weighted by molar-refractivity contribution is 5.79. The lowest BCUT2D eigenvalue weighted by molar-refractivity contribution is -0.384. The van der Waals surface area contributed by atoms with Gasteiger partial charge in [0.05, 0.1) is 37.5 Å². The fourth-order valence-electron chi connectivity index (χ4n) is 1.77. The van der Waals surface area contributed by atoms with Crippen molar-refractivity contribution >= 4 is 16.7 Å². The van der Waals surface area contributed by atoms with Crippen molar-refractivity contribution in [2.45, 2.75) is 0 Å². The van der Waals surface area contributed by atoms with Crippen LogP contribution in [0.25, 0.3) is 22.3 Å². The highest BCUT2D eigenvalue weighted by Crippen LogP contribution is 2.28. The summed E-state index contributed by atoms with van der Waals surface area (Å²) in [7, 11) is 0. The first-order chi connectivity index (χ1) is 10.5. The SMILES string of the molecule is [2H]c1cc(-c2cnc3ccccc3n2)c([N+](=O)[O-])c([2H])c1[2H]. The number of hydrogen-bond acceptors (Lipinski definition) is 4. The summed E-state index contributed by atoms with van der Waals surface area (Å²) >= 11 is 0. The quantitative estimate of drug-likeness (QED) is 0.520. The molecule has 0 bridgehead atoms. The molecule has 19 heavy (non-hydrogen) atoms. The van der Waals surface area contributed by atoms with Gasteiger partial charge in [-0.3, -0.25) is 15.1 Å². The molecule has 5 heteroatoms. The van der Waals surface area contributed by atoms with E-state index in [9.17, 15) is 10.1 Å². The van der Waals surface area contributed by atoms with E-state index in [2.05, 4.69) is 9.97 Å². The second kappa shape index (κ2) is 4.45. The summed E-state index contributed by atoms with van der Waals surface area (Å²) < 4.78 is 22.9. The van der Waals surface area contributed by atoms with Crippen LogP contribution in [0.2, 0.25) is 0 Å². The van der Waals surface area contributed by atoms with Gasteiger partial charge in [-0.1, -0.05) is 24.2 Å². The van der Waals surface area contributed by atoms with Gasteiger partial charge in [0, 0.05) is 6.04 Å². The molecule has 0 saturated carbocycles. The van der Waals surface area contributed by atoms with E-state index >= 15 is 0 Å². The van der Waals surface area contributed by atoms with Gasteiger partial charge in [-0.05, 0) is 18.2 Å². The third-order valence-corrected chi connectivity index (χ3v) is 2.63. The van der Waals surface area contributed by atoms with Crippen molar-refractivity contribution in [2.24, 2.45) is 0 Å². The third-order valence-electron chi connectivity index (χ3n) is 2.63. The lowest BCUT2D eigenvalue weighted by Gasteiger charge is -2.03. The average Bonchev–Trinajstić information content (AvgIpc) is 2.51. The van der Waals surface area contributed by atoms with Crippen LogP contribution in [0.5, 0.6) is 0 Å². The Bertz CT molecular complexity index is 915. The van der Waals surface area contributed by atoms with Crippen molar-refractivity contribution in [1.82, 2.24) is 9.97 Å². The molecule has 0 aliphatic heterocycles. The van der Waals surface area contributed by atoms with Gasteiger partial charge in [-0.2, -0.15) is 0 Å². The van der Waals surface area contributed by atoms with Gasteiger partial charge < -0.3 is 0 Å². The maximum Gasteiger partial charge on any atom is 0.278 e. The van der Waals surface area contributed by atoms with Crippen LogP contribution in [0.15, 0.2) is 54.7 Å². The van der Waals surface area contributed by atoms with Gasteiger partial charge >= 0.3 is 0 Å². The normalized spacial score (nSPS) is 12.7. The Labute approximate surface area is 112 Å². The maximum absolute atomic E-state index is 11.2. The van der Waals surface area contributed by atoms with Gasteiger partial charge in [0.25, 0.3) is 5.69 Å². The minimum absolute atomic E-state index is 0.0225. The minimum Gasteiger partial charge on any atom is -0.258 e. The highest BCUT2D eigenvalue weighted by Gasteiger charge is 2.15. The van der Waals surface area contributed by atoms with Crippen LogP contribution in [-0.2, 0) is 0 Å². The Hall–Kier alpha value is -2.82. The van der Waals surface area contributed by atoms with Crippen molar-refractivity contribution in [3.8, 4) is 11.3 Å². The van der Waals surface area contributed by atoms with E-state index < -0.39 is 22.7 Å². The fraction of sp³-hybridized carbons (Fsp3) is 0. The second-order valence-corrected chi connectivity index (χ2v) is 3.80. The molecule has 1 aromatic heterocycles. The topological polar surface area (TPSA) is 68.9 Å². The first-order valence-electron chi connectivity index (χ1n) is 6.96. The van der Waals surface area contributed by atoms with E-state index in [0.717, 1.165) is 0 Å². The lowest BCUT2D eigenvalue weighted by Crippen LogP contribution is -1.94. The van der Waals surface area contributed by atoms with Crippen LogP contribution in [0.1, 0.15) is 4.11 Å². The van der Waals surface area contributed by atoms with Crippen LogP contribution < -0.4 is 0 Å². The first kappa shape index (κ1) is 8.31. The van der Waals surface area contributed by atoms with Crippen molar-refractivity contribution in [2.75, 3.05) is 0 Å². The van der Waals surface area contributed by atoms with Crippen molar-refractivity contribution in [1.29, 1.82) is 0 Å². The molecule has 0 fully saturated rings. The van der Waals surface area contributed by atoms with Crippen molar-refractivity contribution in [3.63, 3.8) is 0 Å². The molecule has 0 aliphatic carbocycles. The molecule has 3 aromatic rings. The predicted molar refractivity (Wildman–Crippen MR) is 71.6 cm³/mol. The molecule has 0 spiro atoms. The van der Waals surface area contributed by atoms with Gasteiger partial charge in [-0.15, -0.1) is 0 Å². The van der Waals surface area contributed by atoms with Gasteiger partial charge in [0.1, 0.15) is 0 Å². The van der Waals surface area contributed by atoms with E-state index in [1.54, 1.807) is 24.3 Å². The second-order valence-electron chi connectivity index (χ2n) is 3.80. The summed E-state index contributed by atoms with van der Waals surface area (Å²) in [6.07, 6.45) is 1.37. The monoisotopic (exact) mass is 254 g/mol. The summed E-state index contributed by atoms with van der Waals surface area (Å²) in [5, 5.41) is 11.2. The Morgan fingerprint density at radius 2 is 1.95 bits per heavy atom. The molecule has 92 valence electrons. The molecule has 0 aliphatic rings. The zero-order valence-electron chi connectivity index (χ0n) is 12.6. The van der Waals surface area contributed by atoms with Gasteiger partial charge in [0.2, 0.25) is 0 Å². The smallest absolute Gasteiger partial charge is 0.258 e. The summed E-state index contributed by atoms with van der Waals surface area (Å²) in [6.45, 7) is 0. The number of para-hydroxylation sites is 3. The maximum atomic E-state index is 11.2. The Morgan fingerprint density at radius 3 is 2.74 bits per heavy atom. The number of benzene rings is 2. The first-order valence-corrected chi connectivity index (χ1v) is 5.46. The molecular weight excluding hydrogens is 242 g/mol. The van der Waals surface area contributed by atoms with Crippen LogP contribution >= 0.6 is 0 Å².